The van der Waals surface area contributed by atoms with Crippen molar-refractivity contribution in [2.75, 3.05) is 6.54 Å². The molecule has 0 bridgehead atoms. The lowest BCUT2D eigenvalue weighted by Crippen LogP contribution is -2.28. The molecule has 6 nitrogen and oxygen atoms in total. The van der Waals surface area contributed by atoms with Crippen molar-refractivity contribution < 1.29 is 4.79 Å². The number of nitrogens with zero attached hydrogens (tertiary/aromatic N) is 4. The second-order valence-electron chi connectivity index (χ2n) is 4.06. The number of carbonyl (C=O) groups excluding carboxylic acids is 1. The van der Waals surface area contributed by atoms with E-state index in [1.165, 1.54) is 0 Å². The van der Waals surface area contributed by atoms with Crippen LogP contribution in [0.2, 0.25) is 0 Å². The van der Waals surface area contributed by atoms with E-state index in [1.807, 2.05) is 18.4 Å². The molecule has 0 fully saturated rings. The van der Waals surface area contributed by atoms with E-state index in [2.05, 4.69) is 19.0 Å². The third kappa shape index (κ3) is 2.56. The first-order valence-corrected chi connectivity index (χ1v) is 6.38. The van der Waals surface area contributed by atoms with Crippen LogP contribution < -0.4 is 5.32 Å². The average Bonchev–Trinajstić information content (AvgIpc) is 2.89. The number of amides is 1. The first-order valence-electron chi connectivity index (χ1n) is 5.65. The van der Waals surface area contributed by atoms with Crippen LogP contribution in [-0.2, 0) is 6.54 Å². The first-order chi connectivity index (χ1) is 8.59. The van der Waals surface area contributed by atoms with Gasteiger partial charge in [0.2, 0.25) is 0 Å². The number of aromatic nitrogens is 4. The standard InChI is InChI=1S/C11H15N5OS/c1-7-9(3)16(6-13-7)5-4-12-11(17)10-8(2)14-18-15-10/h6H,4-5H2,1-3H3,(H,12,17). The second kappa shape index (κ2) is 5.26. The molecule has 7 heteroatoms. The van der Waals surface area contributed by atoms with Crippen LogP contribution in [-0.4, -0.2) is 30.8 Å². The Kier molecular flexibility index (Phi) is 3.71. The molecule has 0 saturated carbocycles. The predicted octanol–water partition coefficient (Wildman–Crippen LogP) is 1.09. The van der Waals surface area contributed by atoms with Crippen molar-refractivity contribution in [2.24, 2.45) is 0 Å². The number of carbonyl (C=O) groups is 1. The molecule has 96 valence electrons. The zero-order valence-corrected chi connectivity index (χ0v) is 11.4. The zero-order chi connectivity index (χ0) is 13.1. The van der Waals surface area contributed by atoms with E-state index in [1.54, 1.807) is 13.3 Å². The number of hydrogen-bond donors (Lipinski definition) is 1. The van der Waals surface area contributed by atoms with Gasteiger partial charge in [0.05, 0.1) is 29.4 Å². The molecule has 0 saturated heterocycles. The van der Waals surface area contributed by atoms with Crippen LogP contribution in [0.3, 0.4) is 0 Å². The molecular weight excluding hydrogens is 250 g/mol. The average molecular weight is 265 g/mol. The van der Waals surface area contributed by atoms with Gasteiger partial charge in [-0.05, 0) is 20.8 Å². The maximum atomic E-state index is 11.8. The minimum absolute atomic E-state index is 0.171. The summed E-state index contributed by atoms with van der Waals surface area (Å²) in [5, 5.41) is 2.83. The van der Waals surface area contributed by atoms with Gasteiger partial charge >= 0.3 is 0 Å². The minimum atomic E-state index is -0.171. The molecule has 0 atom stereocenters. The molecule has 1 amide bonds. The molecule has 0 aliphatic carbocycles. The lowest BCUT2D eigenvalue weighted by atomic mass is 10.3. The third-order valence-corrected chi connectivity index (χ3v) is 3.47. The maximum absolute atomic E-state index is 11.8. The molecule has 0 aromatic carbocycles. The Morgan fingerprint density at radius 3 is 2.67 bits per heavy atom. The van der Waals surface area contributed by atoms with E-state index in [9.17, 15) is 4.79 Å². The van der Waals surface area contributed by atoms with Crippen molar-refractivity contribution in [2.45, 2.75) is 27.3 Å². The lowest BCUT2D eigenvalue weighted by Gasteiger charge is -2.06. The van der Waals surface area contributed by atoms with Crippen LogP contribution in [0.1, 0.15) is 27.6 Å². The van der Waals surface area contributed by atoms with E-state index < -0.39 is 0 Å². The number of nitrogens with one attached hydrogen (secondary N) is 1. The number of aryl methyl sites for hydroxylation is 2. The fourth-order valence-corrected chi connectivity index (χ4v) is 2.13. The summed E-state index contributed by atoms with van der Waals surface area (Å²) >= 11 is 1.05. The minimum Gasteiger partial charge on any atom is -0.349 e. The van der Waals surface area contributed by atoms with E-state index >= 15 is 0 Å². The molecule has 1 N–H and O–H groups in total. The van der Waals surface area contributed by atoms with Gasteiger partial charge in [0.15, 0.2) is 5.69 Å². The van der Waals surface area contributed by atoms with Gasteiger partial charge in [-0.1, -0.05) is 0 Å². The van der Waals surface area contributed by atoms with Crippen molar-refractivity contribution in [1.82, 2.24) is 23.6 Å². The molecular formula is C11H15N5OS. The van der Waals surface area contributed by atoms with Crippen LogP contribution in [0.15, 0.2) is 6.33 Å². The molecule has 0 unspecified atom stereocenters. The van der Waals surface area contributed by atoms with Gasteiger partial charge < -0.3 is 9.88 Å². The van der Waals surface area contributed by atoms with Gasteiger partial charge in [-0.2, -0.15) is 8.75 Å². The highest BCUT2D eigenvalue weighted by molar-refractivity contribution is 6.99. The Morgan fingerprint density at radius 1 is 1.33 bits per heavy atom. The second-order valence-corrected chi connectivity index (χ2v) is 4.59. The molecule has 0 spiro atoms. The molecule has 2 aromatic heterocycles. The largest absolute Gasteiger partial charge is 0.349 e. The van der Waals surface area contributed by atoms with E-state index in [4.69, 9.17) is 0 Å². The first kappa shape index (κ1) is 12.7. The molecule has 0 aliphatic rings. The van der Waals surface area contributed by atoms with Gasteiger partial charge in [0.1, 0.15) is 0 Å². The molecule has 0 aliphatic heterocycles. The van der Waals surface area contributed by atoms with E-state index in [0.717, 1.165) is 23.1 Å². The van der Waals surface area contributed by atoms with Gasteiger partial charge in [-0.15, -0.1) is 0 Å². The number of imidazole rings is 1. The quantitative estimate of drug-likeness (QED) is 0.898. The highest BCUT2D eigenvalue weighted by atomic mass is 32.1. The fraction of sp³-hybridized carbons (Fsp3) is 0.455. The normalized spacial score (nSPS) is 10.6. The van der Waals surface area contributed by atoms with Crippen molar-refractivity contribution in [3.05, 3.63) is 29.1 Å². The van der Waals surface area contributed by atoms with Gasteiger partial charge in [0.25, 0.3) is 5.91 Å². The Morgan fingerprint density at radius 2 is 2.11 bits per heavy atom. The number of hydrogen-bond acceptors (Lipinski definition) is 5. The summed E-state index contributed by atoms with van der Waals surface area (Å²) in [6, 6.07) is 0. The van der Waals surface area contributed by atoms with Crippen molar-refractivity contribution in [3.63, 3.8) is 0 Å². The summed E-state index contributed by atoms with van der Waals surface area (Å²) in [5.74, 6) is -0.171. The van der Waals surface area contributed by atoms with Crippen LogP contribution in [0.4, 0.5) is 0 Å². The Balaban J connectivity index is 1.88. The maximum Gasteiger partial charge on any atom is 0.273 e. The highest BCUT2D eigenvalue weighted by Gasteiger charge is 2.12. The smallest absolute Gasteiger partial charge is 0.273 e. The van der Waals surface area contributed by atoms with Crippen LogP contribution in [0.25, 0.3) is 0 Å². The molecule has 18 heavy (non-hydrogen) atoms. The number of rotatable bonds is 4. The molecule has 2 aromatic rings. The third-order valence-electron chi connectivity index (χ3n) is 2.85. The van der Waals surface area contributed by atoms with Crippen molar-refractivity contribution >= 4 is 17.6 Å². The Bertz CT molecular complexity index is 560. The summed E-state index contributed by atoms with van der Waals surface area (Å²) in [5.41, 5.74) is 3.22. The Labute approximate surface area is 109 Å². The summed E-state index contributed by atoms with van der Waals surface area (Å²) < 4.78 is 9.95. The SMILES string of the molecule is Cc1nsnc1C(=O)NCCn1cnc(C)c1C. The fourth-order valence-electron chi connectivity index (χ4n) is 1.58. The molecule has 0 radical (unpaired) electrons. The van der Waals surface area contributed by atoms with Crippen LogP contribution in [0.5, 0.6) is 0 Å². The zero-order valence-electron chi connectivity index (χ0n) is 10.6. The summed E-state index contributed by atoms with van der Waals surface area (Å²) in [6.07, 6.45) is 1.78. The van der Waals surface area contributed by atoms with Crippen molar-refractivity contribution in [1.29, 1.82) is 0 Å². The topological polar surface area (TPSA) is 72.7 Å². The van der Waals surface area contributed by atoms with Crippen molar-refractivity contribution in [3.8, 4) is 0 Å². The van der Waals surface area contributed by atoms with E-state index in [-0.39, 0.29) is 5.91 Å². The van der Waals surface area contributed by atoms with Gasteiger partial charge in [-0.25, -0.2) is 4.98 Å². The van der Waals surface area contributed by atoms with Gasteiger partial charge in [-0.3, -0.25) is 4.79 Å². The summed E-state index contributed by atoms with van der Waals surface area (Å²) in [4.78, 5) is 16.0. The summed E-state index contributed by atoms with van der Waals surface area (Å²) in [7, 11) is 0. The van der Waals surface area contributed by atoms with Gasteiger partial charge in [0, 0.05) is 18.8 Å². The monoisotopic (exact) mass is 265 g/mol. The highest BCUT2D eigenvalue weighted by Crippen LogP contribution is 2.04. The molecule has 2 heterocycles. The Hall–Kier alpha value is -1.76. The van der Waals surface area contributed by atoms with Crippen LogP contribution >= 0.6 is 11.7 Å². The predicted molar refractivity (Wildman–Crippen MR) is 68.7 cm³/mol. The summed E-state index contributed by atoms with van der Waals surface area (Å²) in [6.45, 7) is 7.01. The molecule has 2 rings (SSSR count). The lowest BCUT2D eigenvalue weighted by molar-refractivity contribution is 0.0947. The van der Waals surface area contributed by atoms with E-state index in [0.29, 0.717) is 24.5 Å². The van der Waals surface area contributed by atoms with Crippen LogP contribution in [0, 0.1) is 20.8 Å².